The van der Waals surface area contributed by atoms with Crippen LogP contribution in [-0.4, -0.2) is 23.8 Å². The van der Waals surface area contributed by atoms with Gasteiger partial charge < -0.3 is 14.6 Å². The van der Waals surface area contributed by atoms with Gasteiger partial charge in [0.1, 0.15) is 12.4 Å². The van der Waals surface area contributed by atoms with Crippen molar-refractivity contribution in [2.75, 3.05) is 6.61 Å². The average Bonchev–Trinajstić information content (AvgIpc) is 2.84. The van der Waals surface area contributed by atoms with Gasteiger partial charge in [0.2, 0.25) is 0 Å². The average molecular weight is 475 g/mol. The van der Waals surface area contributed by atoms with Gasteiger partial charge in [-0.25, -0.2) is 5.43 Å². The number of carbonyl (C=O) groups is 1. The van der Waals surface area contributed by atoms with Gasteiger partial charge in [0.05, 0.1) is 18.4 Å². The van der Waals surface area contributed by atoms with Crippen molar-refractivity contribution in [2.24, 2.45) is 5.10 Å². The van der Waals surface area contributed by atoms with Crippen molar-refractivity contribution in [2.45, 2.75) is 13.5 Å². The number of rotatable bonds is 8. The minimum absolute atomic E-state index is 0.104. The number of hydrogen-bond acceptors (Lipinski definition) is 5. The van der Waals surface area contributed by atoms with Crippen LogP contribution in [0.4, 0.5) is 0 Å². The standard InChI is InChI=1S/C27H23ClN2O4/c1-2-33-26-13-19(9-12-25(26)34-17-18-7-10-22(28)11-8-18)16-29-30-27(32)23-14-20-5-3-4-6-21(20)15-24(23)31/h3-16,31H,2,17H2,1H3,(H,30,32). The molecule has 0 aromatic heterocycles. The fraction of sp³-hybridized carbons (Fsp3) is 0.111. The summed E-state index contributed by atoms with van der Waals surface area (Å²) in [5.74, 6) is 0.553. The second-order valence-corrected chi connectivity index (χ2v) is 7.91. The first-order valence-corrected chi connectivity index (χ1v) is 11.1. The summed E-state index contributed by atoms with van der Waals surface area (Å²) in [7, 11) is 0. The van der Waals surface area contributed by atoms with Gasteiger partial charge in [0, 0.05) is 5.02 Å². The van der Waals surface area contributed by atoms with E-state index in [0.29, 0.717) is 35.3 Å². The predicted molar refractivity (Wildman–Crippen MR) is 134 cm³/mol. The van der Waals surface area contributed by atoms with E-state index in [1.54, 1.807) is 24.3 Å². The molecular formula is C27H23ClN2O4. The Morgan fingerprint density at radius 2 is 1.71 bits per heavy atom. The molecule has 0 fully saturated rings. The van der Waals surface area contributed by atoms with Crippen LogP contribution in [0.1, 0.15) is 28.4 Å². The summed E-state index contributed by atoms with van der Waals surface area (Å²) in [5.41, 5.74) is 4.30. The van der Waals surface area contributed by atoms with Crippen molar-refractivity contribution < 1.29 is 19.4 Å². The first kappa shape index (κ1) is 23.1. The maximum Gasteiger partial charge on any atom is 0.275 e. The van der Waals surface area contributed by atoms with Gasteiger partial charge in [-0.3, -0.25) is 4.79 Å². The Bertz CT molecular complexity index is 1340. The predicted octanol–water partition coefficient (Wildman–Crippen LogP) is 5.94. The Morgan fingerprint density at radius 3 is 2.44 bits per heavy atom. The molecule has 4 rings (SSSR count). The lowest BCUT2D eigenvalue weighted by Gasteiger charge is -2.12. The Morgan fingerprint density at radius 1 is 0.971 bits per heavy atom. The van der Waals surface area contributed by atoms with Crippen molar-refractivity contribution in [1.82, 2.24) is 5.43 Å². The van der Waals surface area contributed by atoms with Crippen LogP contribution >= 0.6 is 11.6 Å². The van der Waals surface area contributed by atoms with Gasteiger partial charge in [-0.1, -0.05) is 48.0 Å². The third-order valence-corrected chi connectivity index (χ3v) is 5.32. The van der Waals surface area contributed by atoms with E-state index in [1.807, 2.05) is 61.5 Å². The first-order chi connectivity index (χ1) is 16.5. The van der Waals surface area contributed by atoms with Crippen LogP contribution in [0.5, 0.6) is 17.2 Å². The summed E-state index contributed by atoms with van der Waals surface area (Å²) >= 11 is 5.93. The van der Waals surface area contributed by atoms with Crippen LogP contribution in [0.25, 0.3) is 10.8 Å². The molecule has 0 spiro atoms. The van der Waals surface area contributed by atoms with Crippen LogP contribution in [0, 0.1) is 0 Å². The Hall–Kier alpha value is -4.03. The van der Waals surface area contributed by atoms with Gasteiger partial charge in [-0.05, 0) is 71.3 Å². The zero-order chi connectivity index (χ0) is 23.9. The molecule has 6 nitrogen and oxygen atoms in total. The second kappa shape index (κ2) is 10.7. The van der Waals surface area contributed by atoms with Crippen LogP contribution in [0.3, 0.4) is 0 Å². The summed E-state index contributed by atoms with van der Waals surface area (Å²) < 4.78 is 11.6. The van der Waals surface area contributed by atoms with Crippen molar-refractivity contribution in [1.29, 1.82) is 0 Å². The van der Waals surface area contributed by atoms with E-state index in [9.17, 15) is 9.90 Å². The van der Waals surface area contributed by atoms with E-state index in [0.717, 1.165) is 16.3 Å². The van der Waals surface area contributed by atoms with E-state index in [4.69, 9.17) is 21.1 Å². The molecule has 0 aliphatic rings. The molecule has 7 heteroatoms. The van der Waals surface area contributed by atoms with E-state index >= 15 is 0 Å². The molecule has 0 radical (unpaired) electrons. The molecule has 172 valence electrons. The number of nitrogens with zero attached hydrogens (tertiary/aromatic N) is 1. The largest absolute Gasteiger partial charge is 0.507 e. The van der Waals surface area contributed by atoms with Crippen molar-refractivity contribution >= 4 is 34.5 Å². The fourth-order valence-corrected chi connectivity index (χ4v) is 3.50. The van der Waals surface area contributed by atoms with Crippen LogP contribution < -0.4 is 14.9 Å². The van der Waals surface area contributed by atoms with Gasteiger partial charge >= 0.3 is 0 Å². The molecule has 0 aliphatic carbocycles. The maximum absolute atomic E-state index is 12.5. The molecule has 34 heavy (non-hydrogen) atoms. The highest BCUT2D eigenvalue weighted by molar-refractivity contribution is 6.30. The third-order valence-electron chi connectivity index (χ3n) is 5.06. The van der Waals surface area contributed by atoms with E-state index in [2.05, 4.69) is 10.5 Å². The fourth-order valence-electron chi connectivity index (χ4n) is 3.37. The van der Waals surface area contributed by atoms with Crippen molar-refractivity contribution in [3.63, 3.8) is 0 Å². The molecular weight excluding hydrogens is 452 g/mol. The Labute approximate surface area is 202 Å². The number of carbonyl (C=O) groups excluding carboxylic acids is 1. The van der Waals surface area contributed by atoms with E-state index in [1.165, 1.54) is 6.21 Å². The molecule has 4 aromatic carbocycles. The first-order valence-electron chi connectivity index (χ1n) is 10.7. The van der Waals surface area contributed by atoms with Gasteiger partial charge in [-0.15, -0.1) is 0 Å². The zero-order valence-corrected chi connectivity index (χ0v) is 19.3. The summed E-state index contributed by atoms with van der Waals surface area (Å²) in [4.78, 5) is 12.5. The lowest BCUT2D eigenvalue weighted by Crippen LogP contribution is -2.17. The summed E-state index contributed by atoms with van der Waals surface area (Å²) in [5, 5.41) is 16.6. The van der Waals surface area contributed by atoms with E-state index < -0.39 is 5.91 Å². The van der Waals surface area contributed by atoms with Gasteiger partial charge in [0.15, 0.2) is 11.5 Å². The highest BCUT2D eigenvalue weighted by atomic mass is 35.5. The number of benzene rings is 4. The molecule has 1 amide bonds. The number of amides is 1. The molecule has 0 saturated carbocycles. The molecule has 2 N–H and O–H groups in total. The van der Waals surface area contributed by atoms with Crippen LogP contribution in [0.15, 0.2) is 84.0 Å². The molecule has 0 heterocycles. The van der Waals surface area contributed by atoms with Gasteiger partial charge in [0.25, 0.3) is 5.91 Å². The SMILES string of the molecule is CCOc1cc(C=NNC(=O)c2cc3ccccc3cc2O)ccc1OCc1ccc(Cl)cc1. The highest BCUT2D eigenvalue weighted by Gasteiger charge is 2.12. The highest BCUT2D eigenvalue weighted by Crippen LogP contribution is 2.29. The minimum atomic E-state index is -0.507. The molecule has 0 aliphatic heterocycles. The number of hydrogen-bond donors (Lipinski definition) is 2. The number of halogens is 1. The summed E-state index contributed by atoms with van der Waals surface area (Å²) in [6.07, 6.45) is 1.50. The Kier molecular flexibility index (Phi) is 7.30. The van der Waals surface area contributed by atoms with Crippen LogP contribution in [-0.2, 0) is 6.61 Å². The number of nitrogens with one attached hydrogen (secondary N) is 1. The molecule has 0 atom stereocenters. The second-order valence-electron chi connectivity index (χ2n) is 7.47. The number of phenols is 1. The minimum Gasteiger partial charge on any atom is -0.507 e. The number of ether oxygens (including phenoxy) is 2. The quantitative estimate of drug-likeness (QED) is 0.244. The van der Waals surface area contributed by atoms with Crippen molar-refractivity contribution in [3.8, 4) is 17.2 Å². The monoisotopic (exact) mass is 474 g/mol. The number of aromatic hydroxyl groups is 1. The van der Waals surface area contributed by atoms with Gasteiger partial charge in [-0.2, -0.15) is 5.10 Å². The topological polar surface area (TPSA) is 80.2 Å². The summed E-state index contributed by atoms with van der Waals surface area (Å²) in [6, 6.07) is 23.5. The van der Waals surface area contributed by atoms with Crippen molar-refractivity contribution in [3.05, 3.63) is 101 Å². The van der Waals surface area contributed by atoms with E-state index in [-0.39, 0.29) is 11.3 Å². The zero-order valence-electron chi connectivity index (χ0n) is 18.5. The lowest BCUT2D eigenvalue weighted by molar-refractivity contribution is 0.0952. The third kappa shape index (κ3) is 5.66. The number of hydrazone groups is 1. The number of phenolic OH excluding ortho intramolecular Hbond substituents is 1. The molecule has 4 aromatic rings. The number of fused-ring (bicyclic) bond motifs is 1. The molecule has 0 bridgehead atoms. The summed E-state index contributed by atoms with van der Waals surface area (Å²) in [6.45, 7) is 2.73. The maximum atomic E-state index is 12.5. The smallest absolute Gasteiger partial charge is 0.275 e. The Balaban J connectivity index is 1.44. The normalized spacial score (nSPS) is 11.0. The lowest BCUT2D eigenvalue weighted by atomic mass is 10.1. The van der Waals surface area contributed by atoms with Crippen LogP contribution in [0.2, 0.25) is 5.02 Å². The molecule has 0 unspecified atom stereocenters. The molecule has 0 saturated heterocycles.